The molecule has 1 saturated heterocycles. The van der Waals surface area contributed by atoms with E-state index in [1.54, 1.807) is 6.92 Å². The van der Waals surface area contributed by atoms with Gasteiger partial charge in [0.25, 0.3) is 0 Å². The number of esters is 1. The van der Waals surface area contributed by atoms with Crippen molar-refractivity contribution in [1.82, 2.24) is 4.90 Å². The molecule has 6 heteroatoms. The number of methoxy groups -OCH3 is 1. The first-order chi connectivity index (χ1) is 16.1. The Balaban J connectivity index is 1.80. The Hall–Kier alpha value is -3.64. The maximum absolute atomic E-state index is 13.5. The van der Waals surface area contributed by atoms with Crippen molar-refractivity contribution in [1.29, 1.82) is 0 Å². The number of rotatable bonds is 8. The van der Waals surface area contributed by atoms with Crippen molar-refractivity contribution in [2.75, 3.05) is 20.4 Å². The molecule has 3 aromatic rings. The fourth-order valence-electron chi connectivity index (χ4n) is 4.33. The normalized spacial score (nSPS) is 19.9. The van der Waals surface area contributed by atoms with Gasteiger partial charge in [-0.1, -0.05) is 84.9 Å². The van der Waals surface area contributed by atoms with Gasteiger partial charge in [0.05, 0.1) is 6.61 Å². The topological polar surface area (TPSA) is 65.1 Å². The van der Waals surface area contributed by atoms with Gasteiger partial charge < -0.3 is 14.2 Å². The van der Waals surface area contributed by atoms with E-state index in [4.69, 9.17) is 14.2 Å². The first-order valence-corrected chi connectivity index (χ1v) is 10.9. The number of hydrogen-bond donors (Lipinski definition) is 0. The quantitative estimate of drug-likeness (QED) is 0.457. The van der Waals surface area contributed by atoms with Crippen LogP contribution in [0.4, 0.5) is 4.79 Å². The number of hydrogen-bond acceptors (Lipinski definition) is 5. The second-order valence-corrected chi connectivity index (χ2v) is 7.90. The Kier molecular flexibility index (Phi) is 6.75. The summed E-state index contributed by atoms with van der Waals surface area (Å²) in [6, 6.07) is 27.3. The standard InChI is InChI=1S/C27H27NO5/c1-3-32-25(29)27(18-20-10-6-4-7-11-20)24(33-26(30)28(27)19-31-2)23-16-14-22(15-17-23)21-12-8-5-9-13-21/h4-17,24H,3,18-19H2,1-2H3/t24-,27-/m0/s1. The minimum Gasteiger partial charge on any atom is -0.464 e. The molecule has 0 unspecified atom stereocenters. The molecule has 3 aromatic carbocycles. The zero-order valence-electron chi connectivity index (χ0n) is 18.8. The lowest BCUT2D eigenvalue weighted by Gasteiger charge is -2.36. The zero-order chi connectivity index (χ0) is 23.3. The number of nitrogens with zero attached hydrogens (tertiary/aromatic N) is 1. The molecule has 0 aromatic heterocycles. The number of carbonyl (C=O) groups excluding carboxylic acids is 2. The molecule has 170 valence electrons. The van der Waals surface area contributed by atoms with Gasteiger partial charge in [0, 0.05) is 13.5 Å². The van der Waals surface area contributed by atoms with Crippen LogP contribution >= 0.6 is 0 Å². The maximum atomic E-state index is 13.5. The van der Waals surface area contributed by atoms with Crippen molar-refractivity contribution in [2.24, 2.45) is 0 Å². The van der Waals surface area contributed by atoms with E-state index in [1.165, 1.54) is 12.0 Å². The van der Waals surface area contributed by atoms with Crippen LogP contribution in [0.5, 0.6) is 0 Å². The van der Waals surface area contributed by atoms with E-state index in [9.17, 15) is 9.59 Å². The Labute approximate surface area is 193 Å². The summed E-state index contributed by atoms with van der Waals surface area (Å²) in [6.45, 7) is 1.84. The van der Waals surface area contributed by atoms with Crippen molar-refractivity contribution in [2.45, 2.75) is 25.0 Å². The number of carbonyl (C=O) groups is 2. The third-order valence-electron chi connectivity index (χ3n) is 5.88. The third-order valence-corrected chi connectivity index (χ3v) is 5.88. The molecule has 1 amide bonds. The van der Waals surface area contributed by atoms with Gasteiger partial charge in [0.2, 0.25) is 0 Å². The molecule has 1 fully saturated rings. The summed E-state index contributed by atoms with van der Waals surface area (Å²) in [7, 11) is 1.48. The van der Waals surface area contributed by atoms with E-state index in [0.29, 0.717) is 5.56 Å². The average Bonchev–Trinajstić information content (AvgIpc) is 3.13. The van der Waals surface area contributed by atoms with Gasteiger partial charge in [-0.25, -0.2) is 9.59 Å². The lowest BCUT2D eigenvalue weighted by Crippen LogP contribution is -2.57. The smallest absolute Gasteiger partial charge is 0.413 e. The Bertz CT molecular complexity index is 1080. The third kappa shape index (κ3) is 4.34. The van der Waals surface area contributed by atoms with Crippen molar-refractivity contribution in [3.63, 3.8) is 0 Å². The van der Waals surface area contributed by atoms with E-state index in [-0.39, 0.29) is 19.8 Å². The largest absolute Gasteiger partial charge is 0.464 e. The molecule has 0 bridgehead atoms. The first-order valence-electron chi connectivity index (χ1n) is 10.9. The molecule has 0 aliphatic carbocycles. The van der Waals surface area contributed by atoms with Crippen LogP contribution in [-0.2, 0) is 25.4 Å². The van der Waals surface area contributed by atoms with Crippen LogP contribution in [0.15, 0.2) is 84.9 Å². The number of amides is 1. The van der Waals surface area contributed by atoms with Crippen molar-refractivity contribution in [3.8, 4) is 11.1 Å². The lowest BCUT2D eigenvalue weighted by atomic mass is 9.81. The number of ether oxygens (including phenoxy) is 3. The fourth-order valence-corrected chi connectivity index (χ4v) is 4.33. The van der Waals surface area contributed by atoms with Crippen LogP contribution in [0, 0.1) is 0 Å². The van der Waals surface area contributed by atoms with Crippen LogP contribution in [-0.4, -0.2) is 42.9 Å². The molecule has 2 atom stereocenters. The molecular weight excluding hydrogens is 418 g/mol. The van der Waals surface area contributed by atoms with Crippen molar-refractivity contribution >= 4 is 12.1 Å². The summed E-state index contributed by atoms with van der Waals surface area (Å²) in [4.78, 5) is 27.8. The number of cyclic esters (lactones) is 1. The van der Waals surface area contributed by atoms with Crippen molar-refractivity contribution < 1.29 is 23.8 Å². The van der Waals surface area contributed by atoms with Gasteiger partial charge in [-0.15, -0.1) is 0 Å². The molecule has 1 aliphatic heterocycles. The molecule has 0 saturated carbocycles. The lowest BCUT2D eigenvalue weighted by molar-refractivity contribution is -0.160. The molecular formula is C27H27NO5. The van der Waals surface area contributed by atoms with Crippen molar-refractivity contribution in [3.05, 3.63) is 96.1 Å². The highest BCUT2D eigenvalue weighted by Crippen LogP contribution is 2.45. The molecule has 33 heavy (non-hydrogen) atoms. The minimum absolute atomic E-state index is 0.0942. The monoisotopic (exact) mass is 445 g/mol. The van der Waals surface area contributed by atoms with E-state index in [1.807, 2.05) is 84.9 Å². The predicted molar refractivity (Wildman–Crippen MR) is 124 cm³/mol. The molecule has 6 nitrogen and oxygen atoms in total. The van der Waals surface area contributed by atoms with E-state index < -0.39 is 23.7 Å². The van der Waals surface area contributed by atoms with Crippen LogP contribution in [0.3, 0.4) is 0 Å². The van der Waals surface area contributed by atoms with E-state index in [2.05, 4.69) is 0 Å². The Morgan fingerprint density at radius 3 is 2.15 bits per heavy atom. The highest BCUT2D eigenvalue weighted by molar-refractivity contribution is 5.90. The summed E-state index contributed by atoms with van der Waals surface area (Å²) in [5, 5.41) is 0. The predicted octanol–water partition coefficient (Wildman–Crippen LogP) is 5.00. The Morgan fingerprint density at radius 1 is 0.939 bits per heavy atom. The molecule has 0 radical (unpaired) electrons. The first kappa shape index (κ1) is 22.6. The van der Waals surface area contributed by atoms with Gasteiger partial charge in [0.1, 0.15) is 6.73 Å². The van der Waals surface area contributed by atoms with Crippen LogP contribution in [0.1, 0.15) is 24.2 Å². The second-order valence-electron chi connectivity index (χ2n) is 7.90. The van der Waals surface area contributed by atoms with Crippen LogP contribution < -0.4 is 0 Å². The highest BCUT2D eigenvalue weighted by atomic mass is 16.6. The average molecular weight is 446 g/mol. The summed E-state index contributed by atoms with van der Waals surface area (Å²) in [5.41, 5.74) is 2.30. The summed E-state index contributed by atoms with van der Waals surface area (Å²) >= 11 is 0. The molecule has 0 N–H and O–H groups in total. The van der Waals surface area contributed by atoms with Gasteiger partial charge in [-0.05, 0) is 29.2 Å². The summed E-state index contributed by atoms with van der Waals surface area (Å²) in [5.74, 6) is -0.520. The second kappa shape index (κ2) is 9.88. The SMILES string of the molecule is CCOC(=O)[C@]1(Cc2ccccc2)[C@H](c2ccc(-c3ccccc3)cc2)OC(=O)N1COC. The van der Waals surface area contributed by atoms with Crippen LogP contribution in [0.2, 0.25) is 0 Å². The molecule has 4 rings (SSSR count). The van der Waals surface area contributed by atoms with E-state index >= 15 is 0 Å². The Morgan fingerprint density at radius 2 is 1.55 bits per heavy atom. The molecule has 1 aliphatic rings. The number of benzene rings is 3. The zero-order valence-corrected chi connectivity index (χ0v) is 18.8. The van der Waals surface area contributed by atoms with Gasteiger partial charge in [-0.3, -0.25) is 4.90 Å². The fraction of sp³-hybridized carbons (Fsp3) is 0.259. The minimum atomic E-state index is -1.40. The summed E-state index contributed by atoms with van der Waals surface area (Å²) in [6.07, 6.45) is -1.24. The maximum Gasteiger partial charge on any atom is 0.413 e. The van der Waals surface area contributed by atoms with Crippen LogP contribution in [0.25, 0.3) is 11.1 Å². The molecule has 1 heterocycles. The van der Waals surface area contributed by atoms with Gasteiger partial charge >= 0.3 is 12.1 Å². The molecule has 0 spiro atoms. The summed E-state index contributed by atoms with van der Waals surface area (Å²) < 4.78 is 16.6. The van der Waals surface area contributed by atoms with Gasteiger partial charge in [0.15, 0.2) is 11.6 Å². The van der Waals surface area contributed by atoms with E-state index in [0.717, 1.165) is 16.7 Å². The highest BCUT2D eigenvalue weighted by Gasteiger charge is 2.61. The van der Waals surface area contributed by atoms with Gasteiger partial charge in [-0.2, -0.15) is 0 Å².